The van der Waals surface area contributed by atoms with Gasteiger partial charge in [-0.3, -0.25) is 0 Å². The summed E-state index contributed by atoms with van der Waals surface area (Å²) < 4.78 is 1.36. The van der Waals surface area contributed by atoms with Gasteiger partial charge in [-0.05, 0) is 55.9 Å². The molecular formula is C14H20N2S. The maximum atomic E-state index is 6.18. The van der Waals surface area contributed by atoms with E-state index in [9.17, 15) is 0 Å². The third-order valence-corrected chi connectivity index (χ3v) is 4.00. The fourth-order valence-corrected chi connectivity index (χ4v) is 2.98. The highest BCUT2D eigenvalue weighted by Gasteiger charge is 2.08. The first-order chi connectivity index (χ1) is 8.16. The Morgan fingerprint density at radius 1 is 1.29 bits per heavy atom. The van der Waals surface area contributed by atoms with Gasteiger partial charge >= 0.3 is 0 Å². The number of rotatable bonds is 5. The molecule has 0 spiro atoms. The molecule has 1 heterocycles. The van der Waals surface area contributed by atoms with Crippen LogP contribution in [0.3, 0.4) is 0 Å². The third-order valence-electron chi connectivity index (χ3n) is 2.99. The highest BCUT2D eigenvalue weighted by molar-refractivity contribution is 7.17. The Morgan fingerprint density at radius 3 is 2.82 bits per heavy atom. The van der Waals surface area contributed by atoms with Crippen LogP contribution in [-0.4, -0.2) is 31.6 Å². The molecule has 2 rings (SSSR count). The Morgan fingerprint density at radius 2 is 2.06 bits per heavy atom. The number of fused-ring (bicyclic) bond motifs is 1. The van der Waals surface area contributed by atoms with Crippen LogP contribution in [0.4, 0.5) is 0 Å². The van der Waals surface area contributed by atoms with Crippen molar-refractivity contribution in [3.8, 4) is 0 Å². The summed E-state index contributed by atoms with van der Waals surface area (Å²) in [5, 5.41) is 3.62. The number of nitrogens with zero attached hydrogens (tertiary/aromatic N) is 1. The second-order valence-electron chi connectivity index (χ2n) is 4.81. The van der Waals surface area contributed by atoms with E-state index in [0.717, 1.165) is 19.4 Å². The maximum Gasteiger partial charge on any atom is 0.0345 e. The minimum absolute atomic E-state index is 0.260. The summed E-state index contributed by atoms with van der Waals surface area (Å²) in [6, 6.07) is 8.82. The van der Waals surface area contributed by atoms with Crippen molar-refractivity contribution in [3.05, 3.63) is 35.2 Å². The number of thiophene rings is 1. The normalized spacial score (nSPS) is 13.4. The molecule has 92 valence electrons. The van der Waals surface area contributed by atoms with Crippen molar-refractivity contribution in [1.29, 1.82) is 0 Å². The molecule has 0 saturated heterocycles. The molecule has 0 saturated carbocycles. The Labute approximate surface area is 107 Å². The van der Waals surface area contributed by atoms with Crippen LogP contribution < -0.4 is 5.73 Å². The number of hydrogen-bond donors (Lipinski definition) is 1. The lowest BCUT2D eigenvalue weighted by Crippen LogP contribution is -2.28. The Kier molecular flexibility index (Phi) is 4.15. The predicted octanol–water partition coefficient (Wildman–Crippen LogP) is 2.72. The Balaban J connectivity index is 2.03. The second-order valence-corrected chi connectivity index (χ2v) is 5.72. The van der Waals surface area contributed by atoms with Crippen LogP contribution in [0, 0.1) is 0 Å². The number of benzene rings is 1. The van der Waals surface area contributed by atoms with E-state index < -0.39 is 0 Å². The van der Waals surface area contributed by atoms with Crippen molar-refractivity contribution in [2.75, 3.05) is 20.6 Å². The summed E-state index contributed by atoms with van der Waals surface area (Å²) in [4.78, 5) is 2.19. The Bertz CT molecular complexity index is 476. The molecule has 0 aliphatic heterocycles. The van der Waals surface area contributed by atoms with Crippen LogP contribution in [-0.2, 0) is 6.42 Å². The molecule has 1 aromatic carbocycles. The highest BCUT2D eigenvalue weighted by Crippen LogP contribution is 2.26. The number of hydrogen-bond acceptors (Lipinski definition) is 3. The van der Waals surface area contributed by atoms with Crippen molar-refractivity contribution < 1.29 is 0 Å². The van der Waals surface area contributed by atoms with E-state index in [4.69, 9.17) is 5.73 Å². The van der Waals surface area contributed by atoms with Gasteiger partial charge in [-0.1, -0.05) is 18.2 Å². The molecule has 1 unspecified atom stereocenters. The lowest BCUT2D eigenvalue weighted by molar-refractivity contribution is 0.380. The van der Waals surface area contributed by atoms with E-state index in [2.05, 4.69) is 48.6 Å². The van der Waals surface area contributed by atoms with Crippen molar-refractivity contribution >= 4 is 21.4 Å². The zero-order chi connectivity index (χ0) is 12.3. The molecule has 0 bridgehead atoms. The number of nitrogens with two attached hydrogens (primary N) is 1. The summed E-state index contributed by atoms with van der Waals surface area (Å²) in [7, 11) is 4.18. The van der Waals surface area contributed by atoms with Crippen molar-refractivity contribution in [2.45, 2.75) is 18.9 Å². The van der Waals surface area contributed by atoms with Crippen LogP contribution in [0.15, 0.2) is 29.6 Å². The van der Waals surface area contributed by atoms with Crippen molar-refractivity contribution in [1.82, 2.24) is 4.90 Å². The summed E-state index contributed by atoms with van der Waals surface area (Å²) in [6.07, 6.45) is 2.04. The van der Waals surface area contributed by atoms with Gasteiger partial charge in [0.2, 0.25) is 0 Å². The van der Waals surface area contributed by atoms with Gasteiger partial charge in [0.25, 0.3) is 0 Å². The third kappa shape index (κ3) is 3.28. The summed E-state index contributed by atoms with van der Waals surface area (Å²) in [5.41, 5.74) is 7.58. The molecule has 0 amide bonds. The van der Waals surface area contributed by atoms with Gasteiger partial charge in [-0.25, -0.2) is 0 Å². The van der Waals surface area contributed by atoms with Crippen LogP contribution in [0.25, 0.3) is 10.1 Å². The van der Waals surface area contributed by atoms with E-state index in [1.807, 2.05) is 11.3 Å². The molecule has 2 N–H and O–H groups in total. The van der Waals surface area contributed by atoms with Crippen molar-refractivity contribution in [3.63, 3.8) is 0 Å². The van der Waals surface area contributed by atoms with Gasteiger partial charge in [0, 0.05) is 10.7 Å². The summed E-state index contributed by atoms with van der Waals surface area (Å²) >= 11 is 1.81. The van der Waals surface area contributed by atoms with Gasteiger partial charge in [0.1, 0.15) is 0 Å². The molecule has 1 aromatic heterocycles. The van der Waals surface area contributed by atoms with Gasteiger partial charge in [-0.15, -0.1) is 11.3 Å². The molecule has 1 atom stereocenters. The first kappa shape index (κ1) is 12.6. The molecular weight excluding hydrogens is 228 g/mol. The molecule has 2 aromatic rings. The zero-order valence-corrected chi connectivity index (χ0v) is 11.3. The van der Waals surface area contributed by atoms with Gasteiger partial charge in [-0.2, -0.15) is 0 Å². The minimum Gasteiger partial charge on any atom is -0.327 e. The average molecular weight is 248 g/mol. The quantitative estimate of drug-likeness (QED) is 0.881. The molecule has 3 heteroatoms. The monoisotopic (exact) mass is 248 g/mol. The topological polar surface area (TPSA) is 29.3 Å². The lowest BCUT2D eigenvalue weighted by Gasteiger charge is -2.14. The fourth-order valence-electron chi connectivity index (χ4n) is 2.00. The molecule has 0 radical (unpaired) electrons. The van der Waals surface area contributed by atoms with E-state index in [1.165, 1.54) is 15.6 Å². The highest BCUT2D eigenvalue weighted by atomic mass is 32.1. The Hall–Kier alpha value is -0.900. The molecule has 0 fully saturated rings. The van der Waals surface area contributed by atoms with E-state index in [0.29, 0.717) is 0 Å². The van der Waals surface area contributed by atoms with Crippen LogP contribution in [0.1, 0.15) is 12.0 Å². The van der Waals surface area contributed by atoms with Gasteiger partial charge in [0.15, 0.2) is 0 Å². The smallest absolute Gasteiger partial charge is 0.0345 e. The summed E-state index contributed by atoms with van der Waals surface area (Å²) in [5.74, 6) is 0. The van der Waals surface area contributed by atoms with E-state index in [1.54, 1.807) is 0 Å². The molecule has 2 nitrogen and oxygen atoms in total. The lowest BCUT2D eigenvalue weighted by atomic mass is 10.0. The first-order valence-electron chi connectivity index (χ1n) is 6.02. The second kappa shape index (κ2) is 5.63. The molecule has 0 aliphatic rings. The zero-order valence-electron chi connectivity index (χ0n) is 10.5. The average Bonchev–Trinajstić information content (AvgIpc) is 2.70. The molecule has 17 heavy (non-hydrogen) atoms. The first-order valence-corrected chi connectivity index (χ1v) is 6.90. The maximum absolute atomic E-state index is 6.18. The van der Waals surface area contributed by atoms with Crippen molar-refractivity contribution in [2.24, 2.45) is 5.73 Å². The SMILES string of the molecule is CN(C)CCC(N)Cc1csc2ccccc12. The van der Waals surface area contributed by atoms with Gasteiger partial charge in [0.05, 0.1) is 0 Å². The van der Waals surface area contributed by atoms with Crippen LogP contribution in [0.5, 0.6) is 0 Å². The minimum atomic E-state index is 0.260. The predicted molar refractivity (Wildman–Crippen MR) is 76.7 cm³/mol. The van der Waals surface area contributed by atoms with E-state index >= 15 is 0 Å². The van der Waals surface area contributed by atoms with E-state index in [-0.39, 0.29) is 6.04 Å². The summed E-state index contributed by atoms with van der Waals surface area (Å²) in [6.45, 7) is 1.06. The molecule has 0 aliphatic carbocycles. The largest absolute Gasteiger partial charge is 0.327 e. The standard InChI is InChI=1S/C14H20N2S/c1-16(2)8-7-12(15)9-11-10-17-14-6-4-3-5-13(11)14/h3-6,10,12H,7-9,15H2,1-2H3. The van der Waals surface area contributed by atoms with Crippen LogP contribution >= 0.6 is 11.3 Å². The van der Waals surface area contributed by atoms with Gasteiger partial charge < -0.3 is 10.6 Å². The fraction of sp³-hybridized carbons (Fsp3) is 0.429. The van der Waals surface area contributed by atoms with Crippen LogP contribution in [0.2, 0.25) is 0 Å².